The Labute approximate surface area is 179 Å². The highest BCUT2D eigenvalue weighted by atomic mass is 32.2. The molecule has 0 aliphatic heterocycles. The second kappa shape index (κ2) is 9.45. The van der Waals surface area contributed by atoms with Crippen molar-refractivity contribution in [1.29, 1.82) is 0 Å². The van der Waals surface area contributed by atoms with Gasteiger partial charge in [0.1, 0.15) is 5.76 Å². The number of benzene rings is 2. The zero-order chi connectivity index (χ0) is 20.8. The van der Waals surface area contributed by atoms with Crippen LogP contribution in [0.2, 0.25) is 0 Å². The second-order valence-electron chi connectivity index (χ2n) is 6.95. The zero-order valence-corrected chi connectivity index (χ0v) is 17.4. The minimum absolute atomic E-state index is 0.0886. The van der Waals surface area contributed by atoms with Crippen molar-refractivity contribution in [3.63, 3.8) is 0 Å². The molecule has 0 aliphatic carbocycles. The number of hydrogen-bond acceptors (Lipinski definition) is 5. The van der Waals surface area contributed by atoms with E-state index in [9.17, 15) is 4.79 Å². The third-order valence-electron chi connectivity index (χ3n) is 4.58. The van der Waals surface area contributed by atoms with Crippen molar-refractivity contribution in [2.45, 2.75) is 30.7 Å². The van der Waals surface area contributed by atoms with Crippen LogP contribution in [0.1, 0.15) is 32.9 Å². The average molecular weight is 419 g/mol. The van der Waals surface area contributed by atoms with E-state index < -0.39 is 0 Å². The lowest BCUT2D eigenvalue weighted by molar-refractivity contribution is 0.0948. The van der Waals surface area contributed by atoms with E-state index in [4.69, 9.17) is 4.52 Å². The van der Waals surface area contributed by atoms with E-state index in [-0.39, 0.29) is 5.91 Å². The standard InChI is InChI=1S/C23H22N4O2S/c1-17-12-20(29-26-17)15-30-22-5-3-2-4-21(22)23(28)25-13-18-6-8-19(9-7-18)14-27-11-10-24-16-27/h2-12,16H,13-15H2,1H3,(H,25,28). The number of imidazole rings is 1. The predicted octanol–water partition coefficient (Wildman–Crippen LogP) is 4.45. The first-order chi connectivity index (χ1) is 14.7. The molecule has 1 N–H and O–H groups in total. The Balaban J connectivity index is 1.34. The summed E-state index contributed by atoms with van der Waals surface area (Å²) in [6, 6.07) is 17.7. The second-order valence-corrected chi connectivity index (χ2v) is 7.97. The number of aryl methyl sites for hydroxylation is 1. The molecule has 6 nitrogen and oxygen atoms in total. The van der Waals surface area contributed by atoms with Gasteiger partial charge in [-0.15, -0.1) is 11.8 Å². The highest BCUT2D eigenvalue weighted by Crippen LogP contribution is 2.26. The van der Waals surface area contributed by atoms with Crippen molar-refractivity contribution in [3.8, 4) is 0 Å². The summed E-state index contributed by atoms with van der Waals surface area (Å²) >= 11 is 1.57. The van der Waals surface area contributed by atoms with Crippen molar-refractivity contribution < 1.29 is 9.32 Å². The number of rotatable bonds is 8. The van der Waals surface area contributed by atoms with E-state index in [1.165, 1.54) is 5.56 Å². The fourth-order valence-electron chi connectivity index (χ4n) is 3.04. The van der Waals surface area contributed by atoms with Gasteiger partial charge in [0.2, 0.25) is 0 Å². The van der Waals surface area contributed by atoms with Crippen LogP contribution >= 0.6 is 11.8 Å². The molecule has 2 aromatic heterocycles. The molecule has 152 valence electrons. The number of carbonyl (C=O) groups excluding carboxylic acids is 1. The van der Waals surface area contributed by atoms with Crippen LogP contribution in [-0.4, -0.2) is 20.6 Å². The normalized spacial score (nSPS) is 10.8. The van der Waals surface area contributed by atoms with Gasteiger partial charge >= 0.3 is 0 Å². The van der Waals surface area contributed by atoms with Crippen LogP contribution in [0, 0.1) is 6.92 Å². The van der Waals surface area contributed by atoms with Crippen LogP contribution < -0.4 is 5.32 Å². The first kappa shape index (κ1) is 20.0. The lowest BCUT2D eigenvalue weighted by atomic mass is 10.1. The summed E-state index contributed by atoms with van der Waals surface area (Å²) in [7, 11) is 0. The van der Waals surface area contributed by atoms with Crippen LogP contribution in [0.5, 0.6) is 0 Å². The van der Waals surface area contributed by atoms with Crippen LogP contribution in [0.15, 0.2) is 82.7 Å². The molecule has 0 radical (unpaired) electrons. The fourth-order valence-corrected chi connectivity index (χ4v) is 3.97. The maximum Gasteiger partial charge on any atom is 0.252 e. The van der Waals surface area contributed by atoms with Gasteiger partial charge < -0.3 is 14.4 Å². The van der Waals surface area contributed by atoms with Crippen LogP contribution in [0.4, 0.5) is 0 Å². The summed E-state index contributed by atoms with van der Waals surface area (Å²) in [6.45, 7) is 3.15. The van der Waals surface area contributed by atoms with Crippen molar-refractivity contribution in [1.82, 2.24) is 20.0 Å². The third-order valence-corrected chi connectivity index (χ3v) is 5.67. The van der Waals surface area contributed by atoms with Crippen molar-refractivity contribution in [2.75, 3.05) is 0 Å². The van der Waals surface area contributed by atoms with E-state index >= 15 is 0 Å². The molecule has 0 bridgehead atoms. The van der Waals surface area contributed by atoms with Crippen molar-refractivity contribution >= 4 is 17.7 Å². The van der Waals surface area contributed by atoms with E-state index in [1.807, 2.05) is 60.2 Å². The van der Waals surface area contributed by atoms with Crippen LogP contribution in [0.25, 0.3) is 0 Å². The summed E-state index contributed by atoms with van der Waals surface area (Å²) < 4.78 is 7.28. The van der Waals surface area contributed by atoms with Gasteiger partial charge in [-0.25, -0.2) is 4.98 Å². The molecule has 7 heteroatoms. The van der Waals surface area contributed by atoms with E-state index in [2.05, 4.69) is 27.6 Å². The number of aromatic nitrogens is 3. The lowest BCUT2D eigenvalue weighted by Crippen LogP contribution is -2.23. The highest BCUT2D eigenvalue weighted by Gasteiger charge is 2.12. The van der Waals surface area contributed by atoms with Gasteiger partial charge in [0, 0.05) is 36.4 Å². The molecule has 0 saturated carbocycles. The van der Waals surface area contributed by atoms with Crippen LogP contribution in [0.3, 0.4) is 0 Å². The quantitative estimate of drug-likeness (QED) is 0.428. The predicted molar refractivity (Wildman–Crippen MR) is 116 cm³/mol. The monoisotopic (exact) mass is 418 g/mol. The molecule has 0 saturated heterocycles. The molecule has 0 fully saturated rings. The summed E-state index contributed by atoms with van der Waals surface area (Å²) in [5.74, 6) is 1.33. The molecule has 0 unspecified atom stereocenters. The van der Waals surface area contributed by atoms with E-state index in [0.717, 1.165) is 28.5 Å². The Kier molecular flexibility index (Phi) is 6.29. The Bertz CT molecular complexity index is 1100. The summed E-state index contributed by atoms with van der Waals surface area (Å²) in [5, 5.41) is 6.92. The fraction of sp³-hybridized carbons (Fsp3) is 0.174. The van der Waals surface area contributed by atoms with Gasteiger partial charge in [0.15, 0.2) is 0 Å². The summed E-state index contributed by atoms with van der Waals surface area (Å²) in [6.07, 6.45) is 5.51. The van der Waals surface area contributed by atoms with Gasteiger partial charge in [-0.1, -0.05) is 41.6 Å². The SMILES string of the molecule is Cc1cc(CSc2ccccc2C(=O)NCc2ccc(Cn3ccnc3)cc2)on1. The molecule has 1 amide bonds. The van der Waals surface area contributed by atoms with Gasteiger partial charge in [0.05, 0.1) is 23.3 Å². The van der Waals surface area contributed by atoms with Gasteiger partial charge in [-0.3, -0.25) is 4.79 Å². The number of carbonyl (C=O) groups is 1. The van der Waals surface area contributed by atoms with Crippen molar-refractivity contribution in [3.05, 3.63) is 101 Å². The minimum Gasteiger partial charge on any atom is -0.360 e. The molecule has 0 atom stereocenters. The number of nitrogens with one attached hydrogen (secondary N) is 1. The largest absolute Gasteiger partial charge is 0.360 e. The average Bonchev–Trinajstić information content (AvgIpc) is 3.43. The van der Waals surface area contributed by atoms with Crippen molar-refractivity contribution in [2.24, 2.45) is 0 Å². The summed E-state index contributed by atoms with van der Waals surface area (Å²) in [4.78, 5) is 17.7. The topological polar surface area (TPSA) is 73.0 Å². The van der Waals surface area contributed by atoms with Crippen LogP contribution in [-0.2, 0) is 18.8 Å². The van der Waals surface area contributed by atoms with E-state index in [1.54, 1.807) is 24.3 Å². The number of nitrogens with zero attached hydrogens (tertiary/aromatic N) is 3. The molecule has 4 aromatic rings. The number of amides is 1. The minimum atomic E-state index is -0.0886. The molecule has 30 heavy (non-hydrogen) atoms. The Hall–Kier alpha value is -3.32. The smallest absolute Gasteiger partial charge is 0.252 e. The molecule has 0 spiro atoms. The Morgan fingerprint density at radius 1 is 1.13 bits per heavy atom. The maximum absolute atomic E-state index is 12.8. The molecule has 2 heterocycles. The van der Waals surface area contributed by atoms with Gasteiger partial charge in [-0.2, -0.15) is 0 Å². The van der Waals surface area contributed by atoms with E-state index in [0.29, 0.717) is 17.9 Å². The third kappa shape index (κ3) is 5.18. The molecular weight excluding hydrogens is 396 g/mol. The lowest BCUT2D eigenvalue weighted by Gasteiger charge is -2.10. The maximum atomic E-state index is 12.8. The Morgan fingerprint density at radius 3 is 2.67 bits per heavy atom. The number of thioether (sulfide) groups is 1. The first-order valence-corrected chi connectivity index (χ1v) is 10.6. The number of hydrogen-bond donors (Lipinski definition) is 1. The zero-order valence-electron chi connectivity index (χ0n) is 16.6. The van der Waals surface area contributed by atoms with Gasteiger partial charge in [0.25, 0.3) is 5.91 Å². The first-order valence-electron chi connectivity index (χ1n) is 9.63. The molecule has 4 rings (SSSR count). The molecule has 0 aliphatic rings. The summed E-state index contributed by atoms with van der Waals surface area (Å²) in [5.41, 5.74) is 3.76. The molecular formula is C23H22N4O2S. The highest BCUT2D eigenvalue weighted by molar-refractivity contribution is 7.98. The van der Waals surface area contributed by atoms with Gasteiger partial charge in [-0.05, 0) is 30.2 Å². The Morgan fingerprint density at radius 2 is 1.93 bits per heavy atom. The molecule has 2 aromatic carbocycles.